The molecule has 3 rings (SSSR count). The third-order valence-electron chi connectivity index (χ3n) is 4.09. The summed E-state index contributed by atoms with van der Waals surface area (Å²) in [5.74, 6) is -1.60. The first-order valence-corrected chi connectivity index (χ1v) is 6.91. The SMILES string of the molecule is NC(=O)[C@@]1(O)CCN(C(=O)c2ccc(F)c3ccccc23)C1. The standard InChI is InChI=1S/C16H15FN2O3/c17-13-6-5-12(10-3-1-2-4-11(10)13)14(20)19-8-7-16(22,9-19)15(18)21/h1-6,22H,7-9H2,(H2,18,21)/t16-/m1/s1. The molecule has 1 saturated heterocycles. The average molecular weight is 302 g/mol. The first-order chi connectivity index (χ1) is 10.4. The van der Waals surface area contributed by atoms with Gasteiger partial charge in [-0.25, -0.2) is 4.39 Å². The Morgan fingerprint density at radius 1 is 1.18 bits per heavy atom. The van der Waals surface area contributed by atoms with E-state index in [0.29, 0.717) is 16.3 Å². The molecule has 0 aromatic heterocycles. The molecular weight excluding hydrogens is 287 g/mol. The van der Waals surface area contributed by atoms with Gasteiger partial charge in [-0.1, -0.05) is 24.3 Å². The maximum Gasteiger partial charge on any atom is 0.254 e. The number of amides is 2. The number of benzene rings is 2. The predicted molar refractivity (Wildman–Crippen MR) is 78.6 cm³/mol. The highest BCUT2D eigenvalue weighted by Gasteiger charge is 2.43. The summed E-state index contributed by atoms with van der Waals surface area (Å²) in [6.07, 6.45) is 0.104. The summed E-state index contributed by atoms with van der Waals surface area (Å²) in [5.41, 5.74) is 3.82. The van der Waals surface area contributed by atoms with Gasteiger partial charge in [0.15, 0.2) is 5.60 Å². The molecular formula is C16H15FN2O3. The summed E-state index contributed by atoms with van der Waals surface area (Å²) >= 11 is 0. The van der Waals surface area contributed by atoms with E-state index in [4.69, 9.17) is 5.73 Å². The molecule has 114 valence electrons. The molecule has 5 nitrogen and oxygen atoms in total. The lowest BCUT2D eigenvalue weighted by Crippen LogP contribution is -2.46. The van der Waals surface area contributed by atoms with Gasteiger partial charge in [0.05, 0.1) is 6.54 Å². The summed E-state index contributed by atoms with van der Waals surface area (Å²) in [6, 6.07) is 9.35. The predicted octanol–water partition coefficient (Wildman–Crippen LogP) is 1.04. The van der Waals surface area contributed by atoms with Gasteiger partial charge in [0.25, 0.3) is 11.8 Å². The van der Waals surface area contributed by atoms with E-state index in [0.717, 1.165) is 0 Å². The van der Waals surface area contributed by atoms with Crippen molar-refractivity contribution in [3.05, 3.63) is 47.8 Å². The zero-order valence-corrected chi connectivity index (χ0v) is 11.8. The van der Waals surface area contributed by atoms with Crippen molar-refractivity contribution < 1.29 is 19.1 Å². The fourth-order valence-electron chi connectivity index (χ4n) is 2.79. The number of likely N-dealkylation sites (tertiary alicyclic amines) is 1. The van der Waals surface area contributed by atoms with Crippen LogP contribution in [0.4, 0.5) is 4.39 Å². The fourth-order valence-corrected chi connectivity index (χ4v) is 2.79. The van der Waals surface area contributed by atoms with E-state index in [-0.39, 0.29) is 25.4 Å². The maximum atomic E-state index is 13.8. The Labute approximate surface area is 126 Å². The Kier molecular flexibility index (Phi) is 3.33. The molecule has 3 N–H and O–H groups in total. The lowest BCUT2D eigenvalue weighted by molar-refractivity contribution is -0.134. The van der Waals surface area contributed by atoms with Crippen molar-refractivity contribution >= 4 is 22.6 Å². The van der Waals surface area contributed by atoms with Gasteiger partial charge in [-0.3, -0.25) is 9.59 Å². The molecule has 0 bridgehead atoms. The largest absolute Gasteiger partial charge is 0.378 e. The number of β-amino-alcohol motifs (C(OH)–C–C–N with tert-alkyl or cyclic N) is 1. The number of hydrogen-bond donors (Lipinski definition) is 2. The second-order valence-electron chi connectivity index (χ2n) is 5.51. The monoisotopic (exact) mass is 302 g/mol. The lowest BCUT2D eigenvalue weighted by Gasteiger charge is -2.20. The summed E-state index contributed by atoms with van der Waals surface area (Å²) in [4.78, 5) is 25.3. The Morgan fingerprint density at radius 2 is 1.86 bits per heavy atom. The molecule has 1 fully saturated rings. The molecule has 1 aliphatic heterocycles. The fraction of sp³-hybridized carbons (Fsp3) is 0.250. The van der Waals surface area contributed by atoms with Gasteiger partial charge in [-0.05, 0) is 17.5 Å². The van der Waals surface area contributed by atoms with Crippen LogP contribution in [0.25, 0.3) is 10.8 Å². The second-order valence-corrected chi connectivity index (χ2v) is 5.51. The molecule has 0 radical (unpaired) electrons. The molecule has 0 unspecified atom stereocenters. The van der Waals surface area contributed by atoms with Crippen molar-refractivity contribution in [3.8, 4) is 0 Å². The molecule has 0 saturated carbocycles. The van der Waals surface area contributed by atoms with Crippen molar-refractivity contribution in [1.29, 1.82) is 0 Å². The Hall–Kier alpha value is -2.47. The highest BCUT2D eigenvalue weighted by atomic mass is 19.1. The van der Waals surface area contributed by atoms with E-state index in [9.17, 15) is 19.1 Å². The number of halogens is 1. The molecule has 2 aromatic carbocycles. The van der Waals surface area contributed by atoms with Gasteiger partial charge in [0, 0.05) is 23.9 Å². The summed E-state index contributed by atoms with van der Waals surface area (Å²) in [6.45, 7) is 0.0802. The zero-order chi connectivity index (χ0) is 15.9. The molecule has 1 atom stereocenters. The molecule has 0 aliphatic carbocycles. The van der Waals surface area contributed by atoms with E-state index in [2.05, 4.69) is 0 Å². The molecule has 22 heavy (non-hydrogen) atoms. The Morgan fingerprint density at radius 3 is 2.50 bits per heavy atom. The van der Waals surface area contributed by atoms with Gasteiger partial charge >= 0.3 is 0 Å². The summed E-state index contributed by atoms with van der Waals surface area (Å²) in [7, 11) is 0. The Bertz CT molecular complexity index is 777. The minimum absolute atomic E-state index is 0.104. The van der Waals surface area contributed by atoms with Crippen LogP contribution in [-0.4, -0.2) is 40.5 Å². The van der Waals surface area contributed by atoms with Crippen LogP contribution in [0.3, 0.4) is 0 Å². The van der Waals surface area contributed by atoms with Crippen LogP contribution < -0.4 is 5.73 Å². The van der Waals surface area contributed by atoms with Crippen LogP contribution in [0.1, 0.15) is 16.8 Å². The van der Waals surface area contributed by atoms with Gasteiger partial charge in [0.1, 0.15) is 5.82 Å². The van der Waals surface area contributed by atoms with Gasteiger partial charge in [0.2, 0.25) is 0 Å². The zero-order valence-electron chi connectivity index (χ0n) is 11.8. The number of aliphatic hydroxyl groups is 1. The first-order valence-electron chi connectivity index (χ1n) is 6.91. The van der Waals surface area contributed by atoms with E-state index in [1.807, 2.05) is 0 Å². The van der Waals surface area contributed by atoms with Crippen molar-refractivity contribution in [2.24, 2.45) is 5.73 Å². The molecule has 6 heteroatoms. The van der Waals surface area contributed by atoms with Crippen molar-refractivity contribution in [3.63, 3.8) is 0 Å². The van der Waals surface area contributed by atoms with Gasteiger partial charge in [-0.15, -0.1) is 0 Å². The maximum absolute atomic E-state index is 13.8. The van der Waals surface area contributed by atoms with E-state index in [1.165, 1.54) is 17.0 Å². The third kappa shape index (κ3) is 2.21. The molecule has 2 aromatic rings. The van der Waals surface area contributed by atoms with E-state index < -0.39 is 17.3 Å². The smallest absolute Gasteiger partial charge is 0.254 e. The number of nitrogens with zero attached hydrogens (tertiary/aromatic N) is 1. The van der Waals surface area contributed by atoms with Crippen LogP contribution in [-0.2, 0) is 4.79 Å². The highest BCUT2D eigenvalue weighted by Crippen LogP contribution is 2.27. The minimum Gasteiger partial charge on any atom is -0.378 e. The molecule has 0 spiro atoms. The topological polar surface area (TPSA) is 83.6 Å². The van der Waals surface area contributed by atoms with E-state index >= 15 is 0 Å². The van der Waals surface area contributed by atoms with E-state index in [1.54, 1.807) is 24.3 Å². The first kappa shape index (κ1) is 14.5. The van der Waals surface area contributed by atoms with Crippen LogP contribution in [0.2, 0.25) is 0 Å². The number of carbonyl (C=O) groups is 2. The lowest BCUT2D eigenvalue weighted by atomic mass is 10.0. The molecule has 1 heterocycles. The van der Waals surface area contributed by atoms with Crippen molar-refractivity contribution in [1.82, 2.24) is 4.90 Å². The van der Waals surface area contributed by atoms with Gasteiger partial charge in [-0.2, -0.15) is 0 Å². The second kappa shape index (κ2) is 5.06. The van der Waals surface area contributed by atoms with Crippen LogP contribution >= 0.6 is 0 Å². The molecule has 2 amide bonds. The third-order valence-corrected chi connectivity index (χ3v) is 4.09. The number of carbonyl (C=O) groups excluding carboxylic acids is 2. The van der Waals surface area contributed by atoms with Crippen LogP contribution in [0.5, 0.6) is 0 Å². The number of primary amides is 1. The number of fused-ring (bicyclic) bond motifs is 1. The number of nitrogens with two attached hydrogens (primary N) is 1. The normalized spacial score (nSPS) is 21.3. The Balaban J connectivity index is 1.98. The van der Waals surface area contributed by atoms with Crippen molar-refractivity contribution in [2.45, 2.75) is 12.0 Å². The quantitative estimate of drug-likeness (QED) is 0.869. The summed E-state index contributed by atoms with van der Waals surface area (Å²) in [5, 5.41) is 10.9. The summed E-state index contributed by atoms with van der Waals surface area (Å²) < 4.78 is 13.8. The molecule has 1 aliphatic rings. The average Bonchev–Trinajstić information content (AvgIpc) is 2.91. The van der Waals surface area contributed by atoms with Gasteiger partial charge < -0.3 is 15.7 Å². The highest BCUT2D eigenvalue weighted by molar-refractivity contribution is 6.07. The van der Waals surface area contributed by atoms with Crippen LogP contribution in [0, 0.1) is 5.82 Å². The number of rotatable bonds is 2. The number of hydrogen-bond acceptors (Lipinski definition) is 3. The van der Waals surface area contributed by atoms with Crippen molar-refractivity contribution in [2.75, 3.05) is 13.1 Å². The van der Waals surface area contributed by atoms with Crippen LogP contribution in [0.15, 0.2) is 36.4 Å². The minimum atomic E-state index is -1.69.